The number of carbonyl (C=O) groups is 1. The maximum Gasteiger partial charge on any atom is 0.239 e. The van der Waals surface area contributed by atoms with Gasteiger partial charge in [0.2, 0.25) is 5.91 Å². The number of amides is 1. The van der Waals surface area contributed by atoms with Crippen LogP contribution in [0.25, 0.3) is 0 Å². The van der Waals surface area contributed by atoms with Crippen LogP contribution in [0.4, 0.5) is 5.00 Å². The fourth-order valence-corrected chi connectivity index (χ4v) is 3.11. The minimum atomic E-state index is -0.00102. The molecule has 0 radical (unpaired) electrons. The third-order valence-corrected chi connectivity index (χ3v) is 4.78. The number of carbonyl (C=O) groups excluding carboxylic acids is 1. The average molecular weight is 298 g/mol. The van der Waals surface area contributed by atoms with Gasteiger partial charge in [0.1, 0.15) is 0 Å². The van der Waals surface area contributed by atoms with Crippen LogP contribution in [0, 0.1) is 20.8 Å². The molecule has 0 spiro atoms. The molecule has 0 saturated carbocycles. The predicted molar refractivity (Wildman–Crippen MR) is 85.6 cm³/mol. The van der Waals surface area contributed by atoms with Crippen molar-refractivity contribution in [3.8, 4) is 0 Å². The highest BCUT2D eigenvalue weighted by Crippen LogP contribution is 2.31. The summed E-state index contributed by atoms with van der Waals surface area (Å²) in [5, 5.41) is 13.0. The molecule has 0 fully saturated rings. The molecular weight excluding hydrogens is 272 g/mol. The number of unbranched alkanes of at least 4 members (excludes halogenated alkanes) is 1. The molecule has 2 N–H and O–H groups in total. The topological polar surface area (TPSA) is 52.6 Å². The van der Waals surface area contributed by atoms with E-state index in [0.717, 1.165) is 30.0 Å². The van der Waals surface area contributed by atoms with E-state index in [-0.39, 0.29) is 12.5 Å². The van der Waals surface area contributed by atoms with Crippen molar-refractivity contribution in [1.29, 1.82) is 0 Å². The number of nitrogens with zero attached hydrogens (tertiary/aromatic N) is 1. The first-order valence-corrected chi connectivity index (χ1v) is 8.00. The van der Waals surface area contributed by atoms with E-state index in [0.29, 0.717) is 13.1 Å². The van der Waals surface area contributed by atoms with Gasteiger partial charge < -0.3 is 10.4 Å². The van der Waals surface area contributed by atoms with E-state index in [4.69, 9.17) is 5.11 Å². The molecule has 1 heterocycles. The van der Waals surface area contributed by atoms with Crippen LogP contribution in [-0.2, 0) is 4.79 Å². The second-order valence-corrected chi connectivity index (χ2v) is 6.36. The van der Waals surface area contributed by atoms with Gasteiger partial charge in [-0.05, 0) is 44.9 Å². The lowest BCUT2D eigenvalue weighted by Gasteiger charge is -2.20. The Hall–Kier alpha value is -0.910. The molecule has 114 valence electrons. The lowest BCUT2D eigenvalue weighted by Crippen LogP contribution is -2.35. The van der Waals surface area contributed by atoms with Gasteiger partial charge in [-0.2, -0.15) is 0 Å². The first-order valence-electron chi connectivity index (χ1n) is 7.19. The molecule has 1 aromatic rings. The Labute approximate surface area is 125 Å². The van der Waals surface area contributed by atoms with Gasteiger partial charge in [0, 0.05) is 11.4 Å². The zero-order chi connectivity index (χ0) is 15.1. The normalized spacial score (nSPS) is 11.1. The summed E-state index contributed by atoms with van der Waals surface area (Å²) in [5.41, 5.74) is 2.41. The summed E-state index contributed by atoms with van der Waals surface area (Å²) in [4.78, 5) is 15.4. The van der Waals surface area contributed by atoms with Crippen molar-refractivity contribution in [1.82, 2.24) is 4.90 Å². The molecule has 20 heavy (non-hydrogen) atoms. The van der Waals surface area contributed by atoms with Gasteiger partial charge in [0.25, 0.3) is 0 Å². The quantitative estimate of drug-likeness (QED) is 0.776. The number of aliphatic hydroxyl groups is 1. The van der Waals surface area contributed by atoms with Crippen molar-refractivity contribution in [3.05, 3.63) is 16.0 Å². The third kappa shape index (κ3) is 4.89. The summed E-state index contributed by atoms with van der Waals surface area (Å²) in [7, 11) is 0. The molecule has 0 bridgehead atoms. The maximum absolute atomic E-state index is 12.1. The van der Waals surface area contributed by atoms with Gasteiger partial charge in [-0.1, -0.05) is 13.3 Å². The number of hydrogen-bond acceptors (Lipinski definition) is 4. The van der Waals surface area contributed by atoms with Crippen LogP contribution in [0.5, 0.6) is 0 Å². The molecular formula is C15H26N2O2S. The van der Waals surface area contributed by atoms with Gasteiger partial charge in [0.05, 0.1) is 18.2 Å². The number of aliphatic hydroxyl groups excluding tert-OH is 1. The lowest BCUT2D eigenvalue weighted by atomic mass is 10.2. The molecule has 0 atom stereocenters. The van der Waals surface area contributed by atoms with E-state index >= 15 is 0 Å². The van der Waals surface area contributed by atoms with Crippen molar-refractivity contribution in [2.75, 3.05) is 31.6 Å². The highest BCUT2D eigenvalue weighted by molar-refractivity contribution is 7.16. The standard InChI is InChI=1S/C15H26N2O2S/c1-5-6-7-17(8-9-18)10-14(19)16-15-12(3)11(2)13(4)20-15/h18H,5-10H2,1-4H3,(H,16,19). The molecule has 5 heteroatoms. The second-order valence-electron chi connectivity index (χ2n) is 5.14. The summed E-state index contributed by atoms with van der Waals surface area (Å²) >= 11 is 1.63. The minimum Gasteiger partial charge on any atom is -0.395 e. The van der Waals surface area contributed by atoms with E-state index in [2.05, 4.69) is 26.1 Å². The third-order valence-electron chi connectivity index (χ3n) is 3.55. The predicted octanol–water partition coefficient (Wildman–Crippen LogP) is 2.71. The second kappa shape index (κ2) is 8.39. The van der Waals surface area contributed by atoms with Crippen LogP contribution in [-0.4, -0.2) is 42.2 Å². The van der Waals surface area contributed by atoms with Crippen LogP contribution >= 0.6 is 11.3 Å². The van der Waals surface area contributed by atoms with Gasteiger partial charge >= 0.3 is 0 Å². The van der Waals surface area contributed by atoms with E-state index in [9.17, 15) is 4.79 Å². The number of thiophene rings is 1. The molecule has 4 nitrogen and oxygen atoms in total. The van der Waals surface area contributed by atoms with Crippen molar-refractivity contribution in [2.45, 2.75) is 40.5 Å². The van der Waals surface area contributed by atoms with Crippen molar-refractivity contribution in [3.63, 3.8) is 0 Å². The zero-order valence-corrected chi connectivity index (χ0v) is 13.8. The van der Waals surface area contributed by atoms with Gasteiger partial charge in [0.15, 0.2) is 0 Å². The highest BCUT2D eigenvalue weighted by atomic mass is 32.1. The van der Waals surface area contributed by atoms with Crippen LogP contribution in [0.2, 0.25) is 0 Å². The number of hydrogen-bond donors (Lipinski definition) is 2. The van der Waals surface area contributed by atoms with Crippen LogP contribution in [0.15, 0.2) is 0 Å². The fourth-order valence-electron chi connectivity index (χ4n) is 2.02. The van der Waals surface area contributed by atoms with Crippen molar-refractivity contribution < 1.29 is 9.90 Å². The van der Waals surface area contributed by atoms with E-state index in [1.54, 1.807) is 11.3 Å². The smallest absolute Gasteiger partial charge is 0.239 e. The maximum atomic E-state index is 12.1. The summed E-state index contributed by atoms with van der Waals surface area (Å²) in [6, 6.07) is 0. The van der Waals surface area contributed by atoms with E-state index in [1.165, 1.54) is 10.4 Å². The Morgan fingerprint density at radius 3 is 2.45 bits per heavy atom. The largest absolute Gasteiger partial charge is 0.395 e. The van der Waals surface area contributed by atoms with Crippen molar-refractivity contribution >= 4 is 22.2 Å². The van der Waals surface area contributed by atoms with Gasteiger partial charge in [-0.3, -0.25) is 9.69 Å². The molecule has 1 rings (SSSR count). The fraction of sp³-hybridized carbons (Fsp3) is 0.667. The highest BCUT2D eigenvalue weighted by Gasteiger charge is 2.14. The Morgan fingerprint density at radius 1 is 1.25 bits per heavy atom. The Balaban J connectivity index is 2.58. The summed E-state index contributed by atoms with van der Waals surface area (Å²) in [6.07, 6.45) is 2.13. The first-order chi connectivity index (χ1) is 9.49. The SMILES string of the molecule is CCCCN(CCO)CC(=O)Nc1sc(C)c(C)c1C. The van der Waals surface area contributed by atoms with Crippen LogP contribution < -0.4 is 5.32 Å². The molecule has 0 unspecified atom stereocenters. The van der Waals surface area contributed by atoms with Crippen LogP contribution in [0.1, 0.15) is 35.8 Å². The molecule has 0 aliphatic rings. The number of anilines is 1. The molecule has 0 aromatic carbocycles. The summed E-state index contributed by atoms with van der Waals surface area (Å²) in [5.74, 6) is -0.00102. The average Bonchev–Trinajstić information content (AvgIpc) is 2.64. The Kier molecular flexibility index (Phi) is 7.19. The van der Waals surface area contributed by atoms with E-state index in [1.807, 2.05) is 11.8 Å². The molecule has 1 amide bonds. The molecule has 0 saturated heterocycles. The van der Waals surface area contributed by atoms with E-state index < -0.39 is 0 Å². The van der Waals surface area contributed by atoms with Gasteiger partial charge in [-0.15, -0.1) is 11.3 Å². The first kappa shape index (κ1) is 17.1. The number of aryl methyl sites for hydroxylation is 1. The minimum absolute atomic E-state index is 0.00102. The summed E-state index contributed by atoms with van der Waals surface area (Å²) < 4.78 is 0. The summed E-state index contributed by atoms with van der Waals surface area (Å²) in [6.45, 7) is 10.1. The zero-order valence-electron chi connectivity index (χ0n) is 13.0. The van der Waals surface area contributed by atoms with Crippen molar-refractivity contribution in [2.24, 2.45) is 0 Å². The lowest BCUT2D eigenvalue weighted by molar-refractivity contribution is -0.117. The Bertz CT molecular complexity index is 443. The monoisotopic (exact) mass is 298 g/mol. The van der Waals surface area contributed by atoms with Crippen LogP contribution in [0.3, 0.4) is 0 Å². The number of nitrogens with one attached hydrogen (secondary N) is 1. The Morgan fingerprint density at radius 2 is 1.95 bits per heavy atom. The molecule has 1 aromatic heterocycles. The molecule has 0 aliphatic carbocycles. The number of rotatable bonds is 8. The van der Waals surface area contributed by atoms with Gasteiger partial charge in [-0.25, -0.2) is 0 Å². The molecule has 0 aliphatic heterocycles.